The van der Waals surface area contributed by atoms with Crippen LogP contribution in [0.1, 0.15) is 21.9 Å². The molecule has 2 rings (SSSR count). The second-order valence-corrected chi connectivity index (χ2v) is 4.91. The van der Waals surface area contributed by atoms with Crippen LogP contribution in [0.4, 0.5) is 0 Å². The quantitative estimate of drug-likeness (QED) is 0.859. The molecule has 0 saturated heterocycles. The number of hydrogen-bond acceptors (Lipinski definition) is 4. The van der Waals surface area contributed by atoms with Crippen LogP contribution in [-0.4, -0.2) is 13.1 Å². The van der Waals surface area contributed by atoms with Gasteiger partial charge in [0.1, 0.15) is 5.76 Å². The molecule has 0 aliphatic rings. The second kappa shape index (κ2) is 6.54. The maximum Gasteiger partial charge on any atom is 0.373 e. The first-order valence-corrected chi connectivity index (χ1v) is 6.60. The van der Waals surface area contributed by atoms with Gasteiger partial charge in [-0.25, -0.2) is 4.79 Å². The molecule has 0 amide bonds. The van der Waals surface area contributed by atoms with Crippen molar-refractivity contribution in [2.24, 2.45) is 0 Å². The monoisotopic (exact) mass is 323 g/mol. The molecule has 0 aliphatic heterocycles. The number of hydrogen-bond donors (Lipinski definition) is 1. The average molecular weight is 324 g/mol. The van der Waals surface area contributed by atoms with Crippen LogP contribution >= 0.6 is 15.9 Å². The van der Waals surface area contributed by atoms with Gasteiger partial charge in [0.25, 0.3) is 0 Å². The van der Waals surface area contributed by atoms with E-state index >= 15 is 0 Å². The summed E-state index contributed by atoms with van der Waals surface area (Å²) in [5.74, 6) is 0.468. The molecule has 1 N–H and O–H groups in total. The van der Waals surface area contributed by atoms with Crippen molar-refractivity contribution in [2.45, 2.75) is 13.1 Å². The molecule has 0 bridgehead atoms. The second-order valence-electron chi connectivity index (χ2n) is 3.99. The summed E-state index contributed by atoms with van der Waals surface area (Å²) in [6.07, 6.45) is 0. The lowest BCUT2D eigenvalue weighted by molar-refractivity contribution is 0.0563. The van der Waals surface area contributed by atoms with Crippen LogP contribution in [0.3, 0.4) is 0 Å². The smallest absolute Gasteiger partial charge is 0.373 e. The molecular formula is C14H14BrNO3. The molecule has 0 saturated carbocycles. The Labute approximate surface area is 119 Å². The van der Waals surface area contributed by atoms with Crippen molar-refractivity contribution in [2.75, 3.05) is 7.11 Å². The zero-order valence-electron chi connectivity index (χ0n) is 10.5. The number of halogens is 1. The molecule has 0 atom stereocenters. The SMILES string of the molecule is COC(=O)c1ccc(CNCc2cccc(Br)c2)o1. The van der Waals surface area contributed by atoms with E-state index in [0.29, 0.717) is 12.3 Å². The van der Waals surface area contributed by atoms with Crippen LogP contribution in [0.25, 0.3) is 0 Å². The highest BCUT2D eigenvalue weighted by molar-refractivity contribution is 9.10. The van der Waals surface area contributed by atoms with Crippen molar-refractivity contribution in [3.05, 3.63) is 58.0 Å². The molecule has 1 aromatic heterocycles. The van der Waals surface area contributed by atoms with Crippen molar-refractivity contribution >= 4 is 21.9 Å². The van der Waals surface area contributed by atoms with Gasteiger partial charge in [-0.1, -0.05) is 28.1 Å². The van der Waals surface area contributed by atoms with Crippen LogP contribution in [0.2, 0.25) is 0 Å². The van der Waals surface area contributed by atoms with E-state index in [1.54, 1.807) is 12.1 Å². The third-order valence-corrected chi connectivity index (χ3v) is 3.06. The zero-order chi connectivity index (χ0) is 13.7. The third kappa shape index (κ3) is 3.94. The predicted octanol–water partition coefficient (Wildman–Crippen LogP) is 3.12. The van der Waals surface area contributed by atoms with E-state index < -0.39 is 5.97 Å². The average Bonchev–Trinajstić information content (AvgIpc) is 2.87. The lowest BCUT2D eigenvalue weighted by atomic mass is 10.2. The van der Waals surface area contributed by atoms with Crippen molar-refractivity contribution in [3.8, 4) is 0 Å². The summed E-state index contributed by atoms with van der Waals surface area (Å²) in [5, 5.41) is 3.25. The number of carbonyl (C=O) groups excluding carboxylic acids is 1. The molecular weight excluding hydrogens is 310 g/mol. The Hall–Kier alpha value is -1.59. The van der Waals surface area contributed by atoms with E-state index in [9.17, 15) is 4.79 Å². The molecule has 2 aromatic rings. The van der Waals surface area contributed by atoms with Gasteiger partial charge < -0.3 is 14.5 Å². The number of furan rings is 1. The Morgan fingerprint density at radius 3 is 2.89 bits per heavy atom. The summed E-state index contributed by atoms with van der Waals surface area (Å²) < 4.78 is 11.0. The van der Waals surface area contributed by atoms with Crippen LogP contribution < -0.4 is 5.32 Å². The largest absolute Gasteiger partial charge is 0.463 e. The summed E-state index contributed by atoms with van der Waals surface area (Å²) in [6, 6.07) is 11.4. The maximum atomic E-state index is 11.2. The van der Waals surface area contributed by atoms with Gasteiger partial charge in [-0.3, -0.25) is 0 Å². The van der Waals surface area contributed by atoms with Gasteiger partial charge in [0, 0.05) is 11.0 Å². The first kappa shape index (κ1) is 13.8. The van der Waals surface area contributed by atoms with Gasteiger partial charge in [0.15, 0.2) is 0 Å². The van der Waals surface area contributed by atoms with Gasteiger partial charge in [-0.2, -0.15) is 0 Å². The molecule has 0 fully saturated rings. The normalized spacial score (nSPS) is 10.4. The highest BCUT2D eigenvalue weighted by Crippen LogP contribution is 2.12. The summed E-state index contributed by atoms with van der Waals surface area (Å²) in [6.45, 7) is 1.29. The van der Waals surface area contributed by atoms with Gasteiger partial charge >= 0.3 is 5.97 Å². The Morgan fingerprint density at radius 1 is 1.32 bits per heavy atom. The van der Waals surface area contributed by atoms with Crippen molar-refractivity contribution in [1.29, 1.82) is 0 Å². The molecule has 100 valence electrons. The minimum absolute atomic E-state index is 0.224. The van der Waals surface area contributed by atoms with E-state index in [2.05, 4.69) is 32.0 Å². The molecule has 0 spiro atoms. The lowest BCUT2D eigenvalue weighted by Crippen LogP contribution is -2.12. The Kier molecular flexibility index (Phi) is 4.76. The molecule has 0 unspecified atom stereocenters. The fraction of sp³-hybridized carbons (Fsp3) is 0.214. The first-order chi connectivity index (χ1) is 9.19. The van der Waals surface area contributed by atoms with E-state index in [1.807, 2.05) is 18.2 Å². The number of carbonyl (C=O) groups is 1. The topological polar surface area (TPSA) is 51.5 Å². The fourth-order valence-electron chi connectivity index (χ4n) is 1.66. The highest BCUT2D eigenvalue weighted by Gasteiger charge is 2.10. The Morgan fingerprint density at radius 2 is 2.16 bits per heavy atom. The summed E-state index contributed by atoms with van der Waals surface area (Å²) >= 11 is 3.43. The van der Waals surface area contributed by atoms with Crippen LogP contribution in [0.15, 0.2) is 45.3 Å². The van der Waals surface area contributed by atoms with E-state index in [0.717, 1.165) is 11.0 Å². The minimum atomic E-state index is -0.460. The van der Waals surface area contributed by atoms with Gasteiger partial charge in [-0.05, 0) is 29.8 Å². The van der Waals surface area contributed by atoms with Crippen molar-refractivity contribution in [3.63, 3.8) is 0 Å². The number of esters is 1. The summed E-state index contributed by atoms with van der Waals surface area (Å²) in [7, 11) is 1.33. The van der Waals surface area contributed by atoms with E-state index in [1.165, 1.54) is 12.7 Å². The van der Waals surface area contributed by atoms with Gasteiger partial charge in [0.2, 0.25) is 5.76 Å². The van der Waals surface area contributed by atoms with E-state index in [-0.39, 0.29) is 5.76 Å². The molecule has 4 nitrogen and oxygen atoms in total. The van der Waals surface area contributed by atoms with Crippen LogP contribution in [-0.2, 0) is 17.8 Å². The zero-order valence-corrected chi connectivity index (χ0v) is 12.1. The molecule has 1 aromatic carbocycles. The predicted molar refractivity (Wildman–Crippen MR) is 74.7 cm³/mol. The lowest BCUT2D eigenvalue weighted by Gasteiger charge is -2.03. The number of benzene rings is 1. The number of methoxy groups -OCH3 is 1. The highest BCUT2D eigenvalue weighted by atomic mass is 79.9. The van der Waals surface area contributed by atoms with Crippen LogP contribution in [0, 0.1) is 0 Å². The fourth-order valence-corrected chi connectivity index (χ4v) is 2.11. The molecule has 19 heavy (non-hydrogen) atoms. The van der Waals surface area contributed by atoms with E-state index in [4.69, 9.17) is 4.42 Å². The number of nitrogens with one attached hydrogen (secondary N) is 1. The molecule has 0 radical (unpaired) electrons. The molecule has 5 heteroatoms. The number of rotatable bonds is 5. The summed E-state index contributed by atoms with van der Waals surface area (Å²) in [5.41, 5.74) is 1.18. The maximum absolute atomic E-state index is 11.2. The van der Waals surface area contributed by atoms with Gasteiger partial charge in [0.05, 0.1) is 13.7 Å². The van der Waals surface area contributed by atoms with Crippen molar-refractivity contribution in [1.82, 2.24) is 5.32 Å². The third-order valence-electron chi connectivity index (χ3n) is 2.57. The number of ether oxygens (including phenoxy) is 1. The van der Waals surface area contributed by atoms with Crippen molar-refractivity contribution < 1.29 is 13.9 Å². The van der Waals surface area contributed by atoms with Gasteiger partial charge in [-0.15, -0.1) is 0 Å². The first-order valence-electron chi connectivity index (χ1n) is 5.81. The standard InChI is InChI=1S/C14H14BrNO3/c1-18-14(17)13-6-5-12(19-13)9-16-8-10-3-2-4-11(15)7-10/h2-7,16H,8-9H2,1H3. The van der Waals surface area contributed by atoms with Crippen LogP contribution in [0.5, 0.6) is 0 Å². The summed E-state index contributed by atoms with van der Waals surface area (Å²) in [4.78, 5) is 11.2. The Balaban J connectivity index is 1.86. The Bertz CT molecular complexity index is 565. The molecule has 1 heterocycles. The molecule has 0 aliphatic carbocycles. The minimum Gasteiger partial charge on any atom is -0.463 e.